The first-order valence-corrected chi connectivity index (χ1v) is 6.34. The van der Waals surface area contributed by atoms with Gasteiger partial charge in [-0.05, 0) is 26.0 Å². The van der Waals surface area contributed by atoms with E-state index in [-0.39, 0.29) is 5.56 Å². The van der Waals surface area contributed by atoms with Crippen LogP contribution in [0.5, 0.6) is 5.75 Å². The van der Waals surface area contributed by atoms with Gasteiger partial charge in [-0.3, -0.25) is 10.1 Å². The Balaban J connectivity index is 1.99. The average Bonchev–Trinajstić information content (AvgIpc) is 3.22. The molecule has 7 nitrogen and oxygen atoms in total. The Labute approximate surface area is 115 Å². The number of carbonyl (C=O) groups is 1. The van der Waals surface area contributed by atoms with Crippen LogP contribution >= 0.6 is 0 Å². The third kappa shape index (κ3) is 3.45. The number of carboxylic acids is 1. The number of rotatable bonds is 7. The van der Waals surface area contributed by atoms with Crippen LogP contribution in [0.3, 0.4) is 0 Å². The van der Waals surface area contributed by atoms with Crippen molar-refractivity contribution < 1.29 is 19.6 Å². The highest BCUT2D eigenvalue weighted by molar-refractivity contribution is 5.92. The fourth-order valence-electron chi connectivity index (χ4n) is 1.94. The first-order chi connectivity index (χ1) is 9.49. The summed E-state index contributed by atoms with van der Waals surface area (Å²) in [5, 5.41) is 19.7. The molecular formula is C13H16N2O5. The molecule has 0 radical (unpaired) electrons. The zero-order valence-electron chi connectivity index (χ0n) is 11.1. The minimum atomic E-state index is -1.34. The largest absolute Gasteiger partial charge is 0.492 e. The molecule has 1 N–H and O–H groups in total. The van der Waals surface area contributed by atoms with Crippen molar-refractivity contribution in [1.29, 1.82) is 0 Å². The van der Waals surface area contributed by atoms with Gasteiger partial charge in [-0.1, -0.05) is 0 Å². The van der Waals surface area contributed by atoms with Gasteiger partial charge < -0.3 is 14.7 Å². The van der Waals surface area contributed by atoms with Gasteiger partial charge in [0.05, 0.1) is 4.92 Å². The van der Waals surface area contributed by atoms with Gasteiger partial charge in [0.25, 0.3) is 5.69 Å². The molecule has 0 aliphatic heterocycles. The number of benzene rings is 1. The molecule has 0 heterocycles. The molecule has 1 aromatic rings. The number of nitrogens with zero attached hydrogens (tertiary/aromatic N) is 2. The predicted molar refractivity (Wildman–Crippen MR) is 71.2 cm³/mol. The monoisotopic (exact) mass is 280 g/mol. The molecule has 20 heavy (non-hydrogen) atoms. The smallest absolute Gasteiger partial charge is 0.342 e. The number of aromatic carboxylic acids is 1. The van der Waals surface area contributed by atoms with E-state index in [9.17, 15) is 14.9 Å². The Hall–Kier alpha value is -2.15. The average molecular weight is 280 g/mol. The summed E-state index contributed by atoms with van der Waals surface area (Å²) in [6.07, 6.45) is 2.41. The molecule has 108 valence electrons. The van der Waals surface area contributed by atoms with Crippen LogP contribution in [-0.2, 0) is 0 Å². The molecule has 7 heteroatoms. The molecule has 1 aliphatic carbocycles. The van der Waals surface area contributed by atoms with Crippen molar-refractivity contribution in [3.8, 4) is 5.75 Å². The van der Waals surface area contributed by atoms with Gasteiger partial charge in [-0.15, -0.1) is 0 Å². The van der Waals surface area contributed by atoms with Crippen molar-refractivity contribution in [2.75, 3.05) is 20.2 Å². The summed E-state index contributed by atoms with van der Waals surface area (Å²) >= 11 is 0. The van der Waals surface area contributed by atoms with Gasteiger partial charge in [0, 0.05) is 24.7 Å². The molecule has 0 aromatic heterocycles. The van der Waals surface area contributed by atoms with Gasteiger partial charge in [0.1, 0.15) is 17.9 Å². The van der Waals surface area contributed by atoms with Crippen LogP contribution in [-0.4, -0.2) is 47.1 Å². The number of ether oxygens (including phenoxy) is 1. The second-order valence-electron chi connectivity index (χ2n) is 4.80. The Bertz CT molecular complexity index is 527. The van der Waals surface area contributed by atoms with Crippen molar-refractivity contribution in [1.82, 2.24) is 4.90 Å². The summed E-state index contributed by atoms with van der Waals surface area (Å²) in [6, 6.07) is 4.40. The van der Waals surface area contributed by atoms with Gasteiger partial charge in [0.15, 0.2) is 0 Å². The van der Waals surface area contributed by atoms with Crippen molar-refractivity contribution in [3.63, 3.8) is 0 Å². The van der Waals surface area contributed by atoms with Gasteiger partial charge in [-0.25, -0.2) is 4.79 Å². The van der Waals surface area contributed by atoms with E-state index in [4.69, 9.17) is 9.84 Å². The summed E-state index contributed by atoms with van der Waals surface area (Å²) in [5.74, 6) is -1.01. The topological polar surface area (TPSA) is 92.9 Å². The van der Waals surface area contributed by atoms with Crippen molar-refractivity contribution in [3.05, 3.63) is 33.9 Å². The summed E-state index contributed by atoms with van der Waals surface area (Å²) < 4.78 is 5.45. The first-order valence-electron chi connectivity index (χ1n) is 6.34. The van der Waals surface area contributed by atoms with E-state index in [1.54, 1.807) is 0 Å². The first kappa shape index (κ1) is 14.3. The van der Waals surface area contributed by atoms with E-state index in [1.165, 1.54) is 25.0 Å². The van der Waals surface area contributed by atoms with Crippen LogP contribution in [0.15, 0.2) is 18.2 Å². The van der Waals surface area contributed by atoms with Crippen molar-refractivity contribution >= 4 is 11.7 Å². The fourth-order valence-corrected chi connectivity index (χ4v) is 1.94. The van der Waals surface area contributed by atoms with E-state index >= 15 is 0 Å². The summed E-state index contributed by atoms with van der Waals surface area (Å²) in [5.41, 5.74) is -0.789. The molecule has 1 aromatic carbocycles. The summed E-state index contributed by atoms with van der Waals surface area (Å²) in [7, 11) is 2.01. The zero-order chi connectivity index (χ0) is 14.7. The number of likely N-dealkylation sites (N-methyl/N-ethyl adjacent to an activating group) is 1. The fraction of sp³-hybridized carbons (Fsp3) is 0.462. The molecule has 1 fully saturated rings. The van der Waals surface area contributed by atoms with Crippen LogP contribution in [0.25, 0.3) is 0 Å². The van der Waals surface area contributed by atoms with Crippen LogP contribution in [0.1, 0.15) is 23.2 Å². The highest BCUT2D eigenvalue weighted by Crippen LogP contribution is 2.26. The molecule has 1 aliphatic rings. The van der Waals surface area contributed by atoms with Gasteiger partial charge >= 0.3 is 5.97 Å². The third-order valence-electron chi connectivity index (χ3n) is 3.28. The number of hydrogen-bond donors (Lipinski definition) is 1. The molecule has 0 amide bonds. The van der Waals surface area contributed by atoms with Crippen LogP contribution in [0.2, 0.25) is 0 Å². The van der Waals surface area contributed by atoms with Crippen molar-refractivity contribution in [2.45, 2.75) is 18.9 Å². The highest BCUT2D eigenvalue weighted by atomic mass is 16.6. The maximum Gasteiger partial charge on any atom is 0.342 e. The zero-order valence-corrected chi connectivity index (χ0v) is 11.1. The maximum atomic E-state index is 11.0. The second kappa shape index (κ2) is 5.87. The Morgan fingerprint density at radius 1 is 1.55 bits per heavy atom. The minimum Gasteiger partial charge on any atom is -0.492 e. The molecule has 2 rings (SSSR count). The number of hydrogen-bond acceptors (Lipinski definition) is 5. The molecule has 0 unspecified atom stereocenters. The minimum absolute atomic E-state index is 0.331. The normalized spacial score (nSPS) is 14.3. The maximum absolute atomic E-state index is 11.0. The van der Waals surface area contributed by atoms with E-state index in [1.807, 2.05) is 7.05 Å². The van der Waals surface area contributed by atoms with E-state index in [0.717, 1.165) is 12.6 Å². The molecule has 1 saturated carbocycles. The second-order valence-corrected chi connectivity index (χ2v) is 4.80. The summed E-state index contributed by atoms with van der Waals surface area (Å²) in [4.78, 5) is 23.2. The molecule has 0 bridgehead atoms. The standard InChI is InChI=1S/C13H16N2O5/c1-14(9-2-3-9)6-7-20-10-4-5-12(15(18)19)11(8-10)13(16)17/h4-5,8-9H,2-3,6-7H2,1H3,(H,16,17). The molecule has 0 atom stereocenters. The van der Waals surface area contributed by atoms with Gasteiger partial charge in [0.2, 0.25) is 0 Å². The van der Waals surface area contributed by atoms with E-state index < -0.39 is 16.6 Å². The van der Waals surface area contributed by atoms with Crippen LogP contribution in [0.4, 0.5) is 5.69 Å². The summed E-state index contributed by atoms with van der Waals surface area (Å²) in [6.45, 7) is 1.16. The lowest BCUT2D eigenvalue weighted by molar-refractivity contribution is -0.385. The number of nitro groups is 1. The Kier molecular flexibility index (Phi) is 4.19. The predicted octanol–water partition coefficient (Wildman–Crippen LogP) is 1.77. The van der Waals surface area contributed by atoms with Crippen LogP contribution < -0.4 is 4.74 Å². The number of carboxylic acid groups (broad SMARTS) is 1. The lowest BCUT2D eigenvalue weighted by Crippen LogP contribution is -2.26. The molecule has 0 spiro atoms. The number of nitro benzene ring substituents is 1. The Morgan fingerprint density at radius 2 is 2.25 bits per heavy atom. The Morgan fingerprint density at radius 3 is 2.80 bits per heavy atom. The molecular weight excluding hydrogens is 264 g/mol. The molecule has 0 saturated heterocycles. The third-order valence-corrected chi connectivity index (χ3v) is 3.28. The highest BCUT2D eigenvalue weighted by Gasteiger charge is 2.25. The lowest BCUT2D eigenvalue weighted by atomic mass is 10.1. The van der Waals surface area contributed by atoms with E-state index in [0.29, 0.717) is 18.4 Å². The van der Waals surface area contributed by atoms with Gasteiger partial charge in [-0.2, -0.15) is 0 Å². The quantitative estimate of drug-likeness (QED) is 0.604. The van der Waals surface area contributed by atoms with Crippen LogP contribution in [0, 0.1) is 10.1 Å². The lowest BCUT2D eigenvalue weighted by Gasteiger charge is -2.15. The van der Waals surface area contributed by atoms with Crippen molar-refractivity contribution in [2.24, 2.45) is 0 Å². The van der Waals surface area contributed by atoms with E-state index in [2.05, 4.69) is 4.90 Å². The SMILES string of the molecule is CN(CCOc1ccc([N+](=O)[O-])c(C(=O)O)c1)C1CC1.